The van der Waals surface area contributed by atoms with E-state index in [4.69, 9.17) is 5.73 Å². The van der Waals surface area contributed by atoms with Crippen molar-refractivity contribution in [1.29, 1.82) is 5.26 Å². The molecule has 3 unspecified atom stereocenters. The van der Waals surface area contributed by atoms with Crippen LogP contribution >= 0.6 is 11.8 Å². The molecule has 2 heterocycles. The Kier molecular flexibility index (Phi) is 4.63. The molecule has 2 aliphatic rings. The SMILES string of the molecule is N#CC1C(=O)NC(N)=NC12CC(c1ccccc1)SC(c1ccccc1)C2. The zero-order valence-electron chi connectivity index (χ0n) is 14.7. The molecule has 136 valence electrons. The molecule has 6 heteroatoms. The maximum absolute atomic E-state index is 12.5. The lowest BCUT2D eigenvalue weighted by Gasteiger charge is -2.45. The lowest BCUT2D eigenvalue weighted by molar-refractivity contribution is -0.124. The Morgan fingerprint density at radius 2 is 1.56 bits per heavy atom. The maximum atomic E-state index is 12.5. The molecule has 0 aromatic heterocycles. The number of aliphatic imine (C=N–C) groups is 1. The van der Waals surface area contributed by atoms with Gasteiger partial charge in [-0.2, -0.15) is 5.26 Å². The number of rotatable bonds is 2. The first kappa shape index (κ1) is 17.6. The minimum Gasteiger partial charge on any atom is -0.370 e. The van der Waals surface area contributed by atoms with Crippen LogP contribution in [0.4, 0.5) is 0 Å². The highest BCUT2D eigenvalue weighted by Crippen LogP contribution is 2.57. The maximum Gasteiger partial charge on any atom is 0.246 e. The summed E-state index contributed by atoms with van der Waals surface area (Å²) in [6, 6.07) is 22.6. The molecule has 0 aliphatic carbocycles. The van der Waals surface area contributed by atoms with Crippen LogP contribution in [-0.2, 0) is 4.79 Å². The Bertz CT molecular complexity index is 859. The van der Waals surface area contributed by atoms with E-state index < -0.39 is 11.5 Å². The van der Waals surface area contributed by atoms with Gasteiger partial charge in [0.05, 0.1) is 11.6 Å². The highest BCUT2D eigenvalue weighted by atomic mass is 32.2. The van der Waals surface area contributed by atoms with Crippen LogP contribution in [0.1, 0.15) is 34.5 Å². The third-order valence-electron chi connectivity index (χ3n) is 5.27. The molecule has 1 saturated heterocycles. The zero-order valence-corrected chi connectivity index (χ0v) is 15.5. The van der Waals surface area contributed by atoms with Crippen molar-refractivity contribution in [3.63, 3.8) is 0 Å². The van der Waals surface area contributed by atoms with Crippen LogP contribution < -0.4 is 11.1 Å². The van der Waals surface area contributed by atoms with Gasteiger partial charge in [0.15, 0.2) is 11.9 Å². The first-order valence-corrected chi connectivity index (χ1v) is 9.87. The number of nitrogens with two attached hydrogens (primary N) is 1. The average Bonchev–Trinajstić information content (AvgIpc) is 2.68. The average molecular weight is 376 g/mol. The van der Waals surface area contributed by atoms with Crippen LogP contribution in [0.3, 0.4) is 0 Å². The van der Waals surface area contributed by atoms with Crippen LogP contribution in [0.2, 0.25) is 0 Å². The summed E-state index contributed by atoms with van der Waals surface area (Å²) >= 11 is 1.87. The number of guanidine groups is 1. The Hall–Kier alpha value is -2.78. The van der Waals surface area contributed by atoms with Crippen LogP contribution in [0.25, 0.3) is 0 Å². The van der Waals surface area contributed by atoms with Crippen molar-refractivity contribution in [2.75, 3.05) is 0 Å². The van der Waals surface area contributed by atoms with Gasteiger partial charge >= 0.3 is 0 Å². The molecule has 1 spiro atoms. The summed E-state index contributed by atoms with van der Waals surface area (Å²) in [6.45, 7) is 0. The minimum absolute atomic E-state index is 0.108. The Balaban J connectivity index is 1.80. The fourth-order valence-corrected chi connectivity index (χ4v) is 5.82. The standard InChI is InChI=1S/C21H20N4OS/c22-13-16-19(26)24-20(23)25-21(16)11-17(14-7-3-1-4-8-14)27-18(12-21)15-9-5-2-6-10-15/h1-10,16-18H,11-12H2,(H3,23,24,25,26). The number of nitrogens with one attached hydrogen (secondary N) is 1. The number of thioether (sulfide) groups is 1. The molecule has 2 aliphatic heterocycles. The number of carbonyl (C=O) groups is 1. The number of nitrogens with zero attached hydrogens (tertiary/aromatic N) is 2. The van der Waals surface area contributed by atoms with E-state index in [1.807, 2.05) is 48.2 Å². The zero-order chi connectivity index (χ0) is 18.9. The largest absolute Gasteiger partial charge is 0.370 e. The van der Waals surface area contributed by atoms with Gasteiger partial charge in [-0.05, 0) is 24.0 Å². The van der Waals surface area contributed by atoms with E-state index in [-0.39, 0.29) is 22.4 Å². The molecule has 3 atom stereocenters. The number of nitriles is 1. The normalized spacial score (nSPS) is 30.3. The monoisotopic (exact) mass is 376 g/mol. The number of carbonyl (C=O) groups excluding carboxylic acids is 1. The van der Waals surface area contributed by atoms with Gasteiger partial charge in [-0.25, -0.2) is 4.99 Å². The second kappa shape index (κ2) is 7.09. The molecule has 0 bridgehead atoms. The third-order valence-corrected chi connectivity index (χ3v) is 6.81. The van der Waals surface area contributed by atoms with Crippen molar-refractivity contribution in [3.8, 4) is 6.07 Å². The molecule has 4 rings (SSSR count). The fraction of sp³-hybridized carbons (Fsp3) is 0.286. The first-order chi connectivity index (χ1) is 13.1. The quantitative estimate of drug-likeness (QED) is 0.841. The molecule has 5 nitrogen and oxygen atoms in total. The second-order valence-corrected chi connectivity index (χ2v) is 8.41. The topological polar surface area (TPSA) is 91.3 Å². The van der Waals surface area contributed by atoms with Crippen molar-refractivity contribution in [3.05, 3.63) is 71.8 Å². The van der Waals surface area contributed by atoms with E-state index in [1.165, 1.54) is 11.1 Å². The second-order valence-electron chi connectivity index (χ2n) is 6.99. The van der Waals surface area contributed by atoms with Gasteiger partial charge in [0, 0.05) is 10.5 Å². The smallest absolute Gasteiger partial charge is 0.246 e. The van der Waals surface area contributed by atoms with E-state index in [0.717, 1.165) is 0 Å². The summed E-state index contributed by atoms with van der Waals surface area (Å²) in [4.78, 5) is 17.1. The van der Waals surface area contributed by atoms with E-state index in [0.29, 0.717) is 12.8 Å². The molecule has 1 fully saturated rings. The number of benzene rings is 2. The third kappa shape index (κ3) is 3.31. The molecular formula is C21H20N4OS. The van der Waals surface area contributed by atoms with Crippen LogP contribution in [0, 0.1) is 17.2 Å². The molecule has 3 N–H and O–H groups in total. The summed E-state index contributed by atoms with van der Waals surface area (Å²) in [5.74, 6) is -1.09. The molecule has 0 saturated carbocycles. The lowest BCUT2D eigenvalue weighted by atomic mass is 9.74. The van der Waals surface area contributed by atoms with Gasteiger partial charge in [-0.3, -0.25) is 10.1 Å². The molecule has 0 radical (unpaired) electrons. The number of amides is 1. The van der Waals surface area contributed by atoms with Crippen molar-refractivity contribution < 1.29 is 4.79 Å². The Labute approximate surface area is 162 Å². The van der Waals surface area contributed by atoms with E-state index in [2.05, 4.69) is 40.6 Å². The predicted molar refractivity (Wildman–Crippen MR) is 107 cm³/mol. The molecule has 27 heavy (non-hydrogen) atoms. The van der Waals surface area contributed by atoms with Gasteiger partial charge in [0.25, 0.3) is 0 Å². The first-order valence-electron chi connectivity index (χ1n) is 8.92. The van der Waals surface area contributed by atoms with E-state index in [1.54, 1.807) is 0 Å². The van der Waals surface area contributed by atoms with Gasteiger partial charge in [0.1, 0.15) is 0 Å². The van der Waals surface area contributed by atoms with Crippen LogP contribution in [-0.4, -0.2) is 17.4 Å². The van der Waals surface area contributed by atoms with Crippen molar-refractivity contribution in [2.24, 2.45) is 16.6 Å². The predicted octanol–water partition coefficient (Wildman–Crippen LogP) is 3.32. The molecule has 1 amide bonds. The van der Waals surface area contributed by atoms with Crippen molar-refractivity contribution in [2.45, 2.75) is 28.9 Å². The highest BCUT2D eigenvalue weighted by molar-refractivity contribution is 7.99. The van der Waals surface area contributed by atoms with E-state index >= 15 is 0 Å². The van der Waals surface area contributed by atoms with Gasteiger partial charge in [0.2, 0.25) is 5.91 Å². The highest BCUT2D eigenvalue weighted by Gasteiger charge is 2.52. The number of hydrogen-bond acceptors (Lipinski definition) is 5. The minimum atomic E-state index is -0.844. The van der Waals surface area contributed by atoms with E-state index in [9.17, 15) is 10.1 Å². The number of hydrogen-bond donors (Lipinski definition) is 2. The summed E-state index contributed by atoms with van der Waals surface area (Å²) in [5.41, 5.74) is 7.46. The fourth-order valence-electron chi connectivity index (χ4n) is 4.03. The van der Waals surface area contributed by atoms with Crippen LogP contribution in [0.15, 0.2) is 65.7 Å². The molecule has 2 aromatic rings. The summed E-state index contributed by atoms with van der Waals surface area (Å²) < 4.78 is 0. The van der Waals surface area contributed by atoms with Crippen LogP contribution in [0.5, 0.6) is 0 Å². The van der Waals surface area contributed by atoms with Gasteiger partial charge in [-0.15, -0.1) is 11.8 Å². The molecule has 2 aromatic carbocycles. The summed E-state index contributed by atoms with van der Waals surface area (Å²) in [5, 5.41) is 12.5. The van der Waals surface area contributed by atoms with Gasteiger partial charge in [-0.1, -0.05) is 60.7 Å². The lowest BCUT2D eigenvalue weighted by Crippen LogP contribution is -2.56. The Morgan fingerprint density at radius 3 is 2.04 bits per heavy atom. The summed E-state index contributed by atoms with van der Waals surface area (Å²) in [6.07, 6.45) is 1.22. The molecular weight excluding hydrogens is 356 g/mol. The van der Waals surface area contributed by atoms with Gasteiger partial charge < -0.3 is 5.73 Å². The Morgan fingerprint density at radius 1 is 1.04 bits per heavy atom. The van der Waals surface area contributed by atoms with Crippen molar-refractivity contribution in [1.82, 2.24) is 5.32 Å². The van der Waals surface area contributed by atoms with Crippen molar-refractivity contribution >= 4 is 23.6 Å². The summed E-state index contributed by atoms with van der Waals surface area (Å²) in [7, 11) is 0.